The van der Waals surface area contributed by atoms with Crippen LogP contribution in [0.1, 0.15) is 10.4 Å². The van der Waals surface area contributed by atoms with Crippen LogP contribution in [-0.2, 0) is 0 Å². The quantitative estimate of drug-likeness (QED) is 0.555. The number of nitrogens with zero attached hydrogens (tertiary/aromatic N) is 2. The van der Waals surface area contributed by atoms with Gasteiger partial charge in [0.2, 0.25) is 0 Å². The molecule has 118 valence electrons. The molecule has 2 aromatic carbocycles. The number of amides is 1. The zero-order valence-electron chi connectivity index (χ0n) is 12.3. The predicted molar refractivity (Wildman–Crippen MR) is 93.7 cm³/mol. The number of hydrogen-bond acceptors (Lipinski definition) is 4. The van der Waals surface area contributed by atoms with Crippen LogP contribution < -0.4 is 5.32 Å². The molecule has 24 heavy (non-hydrogen) atoms. The molecular weight excluding hydrogens is 372 g/mol. The van der Waals surface area contributed by atoms with E-state index >= 15 is 0 Å². The molecule has 4 rings (SSSR count). The van der Waals surface area contributed by atoms with E-state index in [-0.39, 0.29) is 5.91 Å². The second kappa shape index (κ2) is 5.93. The molecule has 4 aromatic rings. The van der Waals surface area contributed by atoms with Crippen molar-refractivity contribution in [1.29, 1.82) is 0 Å². The summed E-state index contributed by atoms with van der Waals surface area (Å²) in [5.74, 6) is 0.662. The van der Waals surface area contributed by atoms with Crippen molar-refractivity contribution >= 4 is 38.5 Å². The number of furan rings is 1. The highest BCUT2D eigenvalue weighted by Crippen LogP contribution is 2.38. The SMILES string of the molecule is O=C(Nc1c(-c2ncn[nH]2)oc2ccc(Br)cc12)c1ccccc1. The second-order valence-corrected chi connectivity index (χ2v) is 6.02. The fraction of sp³-hybridized carbons (Fsp3) is 0. The molecule has 6 nitrogen and oxygen atoms in total. The van der Waals surface area contributed by atoms with Crippen LogP contribution in [0, 0.1) is 0 Å². The van der Waals surface area contributed by atoms with Crippen molar-refractivity contribution in [2.24, 2.45) is 0 Å². The standard InChI is InChI=1S/C17H11BrN4O2/c18-11-6-7-13-12(8-11)14(15(24-13)16-19-9-20-22-16)21-17(23)10-4-2-1-3-5-10/h1-9H,(H,21,23)(H,19,20,22). The molecule has 0 spiro atoms. The predicted octanol–water partition coefficient (Wildman–Crippen LogP) is 4.23. The van der Waals surface area contributed by atoms with E-state index in [0.29, 0.717) is 28.4 Å². The highest BCUT2D eigenvalue weighted by Gasteiger charge is 2.20. The smallest absolute Gasteiger partial charge is 0.255 e. The van der Waals surface area contributed by atoms with Crippen LogP contribution in [0.2, 0.25) is 0 Å². The van der Waals surface area contributed by atoms with Crippen LogP contribution in [-0.4, -0.2) is 21.1 Å². The summed E-state index contributed by atoms with van der Waals surface area (Å²) in [5, 5.41) is 10.3. The molecule has 7 heteroatoms. The van der Waals surface area contributed by atoms with Gasteiger partial charge in [-0.25, -0.2) is 4.98 Å². The lowest BCUT2D eigenvalue weighted by Crippen LogP contribution is -2.12. The summed E-state index contributed by atoms with van der Waals surface area (Å²) in [6, 6.07) is 14.6. The number of rotatable bonds is 3. The van der Waals surface area contributed by atoms with E-state index in [2.05, 4.69) is 36.4 Å². The van der Waals surface area contributed by atoms with Crippen LogP contribution in [0.5, 0.6) is 0 Å². The van der Waals surface area contributed by atoms with E-state index in [4.69, 9.17) is 4.42 Å². The van der Waals surface area contributed by atoms with Gasteiger partial charge >= 0.3 is 0 Å². The van der Waals surface area contributed by atoms with Crippen molar-refractivity contribution in [1.82, 2.24) is 15.2 Å². The topological polar surface area (TPSA) is 83.8 Å². The first-order valence-electron chi connectivity index (χ1n) is 7.16. The number of hydrogen-bond donors (Lipinski definition) is 2. The molecule has 0 atom stereocenters. The van der Waals surface area contributed by atoms with Gasteiger partial charge in [-0.05, 0) is 30.3 Å². The molecule has 0 aliphatic rings. The largest absolute Gasteiger partial charge is 0.450 e. The number of anilines is 1. The zero-order valence-corrected chi connectivity index (χ0v) is 13.9. The number of halogens is 1. The summed E-state index contributed by atoms with van der Waals surface area (Å²) < 4.78 is 6.75. The maximum Gasteiger partial charge on any atom is 0.255 e. The molecule has 0 fully saturated rings. The lowest BCUT2D eigenvalue weighted by molar-refractivity contribution is 0.102. The molecule has 2 N–H and O–H groups in total. The molecule has 0 radical (unpaired) electrons. The van der Waals surface area contributed by atoms with Crippen LogP contribution >= 0.6 is 15.9 Å². The van der Waals surface area contributed by atoms with Gasteiger partial charge in [-0.1, -0.05) is 34.1 Å². The Morgan fingerprint density at radius 3 is 2.75 bits per heavy atom. The molecule has 0 aliphatic carbocycles. The van der Waals surface area contributed by atoms with Gasteiger partial charge in [-0.15, -0.1) is 0 Å². The average Bonchev–Trinajstić information content (AvgIpc) is 3.24. The summed E-state index contributed by atoms with van der Waals surface area (Å²) >= 11 is 3.45. The van der Waals surface area contributed by atoms with E-state index in [1.165, 1.54) is 6.33 Å². The third-order valence-electron chi connectivity index (χ3n) is 3.55. The maximum absolute atomic E-state index is 12.6. The van der Waals surface area contributed by atoms with Gasteiger partial charge in [0.1, 0.15) is 11.9 Å². The first-order chi connectivity index (χ1) is 11.7. The number of carbonyl (C=O) groups excluding carboxylic acids is 1. The molecule has 2 heterocycles. The molecule has 0 bridgehead atoms. The summed E-state index contributed by atoms with van der Waals surface area (Å²) in [6.07, 6.45) is 1.39. The monoisotopic (exact) mass is 382 g/mol. The van der Waals surface area contributed by atoms with Crippen LogP contribution in [0.4, 0.5) is 5.69 Å². The van der Waals surface area contributed by atoms with Gasteiger partial charge in [-0.2, -0.15) is 5.10 Å². The minimum atomic E-state index is -0.223. The molecule has 0 saturated heterocycles. The highest BCUT2D eigenvalue weighted by atomic mass is 79.9. The number of benzene rings is 2. The Hall–Kier alpha value is -2.93. The molecule has 0 unspecified atom stereocenters. The van der Waals surface area contributed by atoms with E-state index in [1.807, 2.05) is 36.4 Å². The minimum Gasteiger partial charge on any atom is -0.450 e. The number of aromatic nitrogens is 3. The Balaban J connectivity index is 1.84. The number of H-pyrrole nitrogens is 1. The zero-order chi connectivity index (χ0) is 16.5. The summed E-state index contributed by atoms with van der Waals surface area (Å²) in [7, 11) is 0. The van der Waals surface area contributed by atoms with Gasteiger partial charge in [0, 0.05) is 15.4 Å². The molecule has 1 amide bonds. The Labute approximate surface area is 145 Å². The Morgan fingerprint density at radius 1 is 1.17 bits per heavy atom. The Morgan fingerprint density at radius 2 is 2.00 bits per heavy atom. The second-order valence-electron chi connectivity index (χ2n) is 5.10. The first kappa shape index (κ1) is 14.6. The average molecular weight is 383 g/mol. The fourth-order valence-corrected chi connectivity index (χ4v) is 2.81. The van der Waals surface area contributed by atoms with Gasteiger partial charge in [-0.3, -0.25) is 9.89 Å². The van der Waals surface area contributed by atoms with Crippen molar-refractivity contribution in [3.63, 3.8) is 0 Å². The molecule has 0 aliphatic heterocycles. The number of carbonyl (C=O) groups is 1. The van der Waals surface area contributed by atoms with E-state index in [0.717, 1.165) is 9.86 Å². The minimum absolute atomic E-state index is 0.223. The van der Waals surface area contributed by atoms with E-state index < -0.39 is 0 Å². The van der Waals surface area contributed by atoms with E-state index in [9.17, 15) is 4.79 Å². The number of aromatic amines is 1. The van der Waals surface area contributed by atoms with Gasteiger partial charge < -0.3 is 9.73 Å². The van der Waals surface area contributed by atoms with Crippen LogP contribution in [0.25, 0.3) is 22.6 Å². The van der Waals surface area contributed by atoms with Crippen molar-refractivity contribution in [2.75, 3.05) is 5.32 Å². The molecule has 0 saturated carbocycles. The van der Waals surface area contributed by atoms with Crippen molar-refractivity contribution in [3.05, 3.63) is 64.9 Å². The van der Waals surface area contributed by atoms with Crippen LogP contribution in [0.15, 0.2) is 63.7 Å². The van der Waals surface area contributed by atoms with Crippen molar-refractivity contribution in [2.45, 2.75) is 0 Å². The summed E-state index contributed by atoms with van der Waals surface area (Å²) in [5.41, 5.74) is 1.76. The van der Waals surface area contributed by atoms with E-state index in [1.54, 1.807) is 12.1 Å². The van der Waals surface area contributed by atoms with Gasteiger partial charge in [0.25, 0.3) is 5.91 Å². The van der Waals surface area contributed by atoms with Gasteiger partial charge in [0.15, 0.2) is 11.6 Å². The third kappa shape index (κ3) is 2.59. The molecule has 2 aromatic heterocycles. The van der Waals surface area contributed by atoms with Crippen LogP contribution in [0.3, 0.4) is 0 Å². The summed E-state index contributed by atoms with van der Waals surface area (Å²) in [4.78, 5) is 16.7. The lowest BCUT2D eigenvalue weighted by Gasteiger charge is -2.05. The maximum atomic E-state index is 12.6. The molecular formula is C17H11BrN4O2. The lowest BCUT2D eigenvalue weighted by atomic mass is 10.2. The normalized spacial score (nSPS) is 10.9. The van der Waals surface area contributed by atoms with Crippen molar-refractivity contribution in [3.8, 4) is 11.6 Å². The third-order valence-corrected chi connectivity index (χ3v) is 4.05. The van der Waals surface area contributed by atoms with Gasteiger partial charge in [0.05, 0.1) is 5.69 Å². The number of nitrogens with one attached hydrogen (secondary N) is 2. The summed E-state index contributed by atoms with van der Waals surface area (Å²) in [6.45, 7) is 0. The van der Waals surface area contributed by atoms with Crippen molar-refractivity contribution < 1.29 is 9.21 Å². The fourth-order valence-electron chi connectivity index (χ4n) is 2.45. The number of fused-ring (bicyclic) bond motifs is 1. The highest BCUT2D eigenvalue weighted by molar-refractivity contribution is 9.10. The Kier molecular flexibility index (Phi) is 3.62. The first-order valence-corrected chi connectivity index (χ1v) is 7.96. The Bertz CT molecular complexity index is 1010.